The fraction of sp³-hybridized carbons (Fsp3) is 0.188. The predicted molar refractivity (Wildman–Crippen MR) is 87.4 cm³/mol. The molecule has 5 heteroatoms. The molecule has 0 radical (unpaired) electrons. The first kappa shape index (κ1) is 15.5. The van der Waals surface area contributed by atoms with Crippen molar-refractivity contribution in [2.24, 2.45) is 5.73 Å². The molecule has 0 spiro atoms. The molecule has 4 nitrogen and oxygen atoms in total. The summed E-state index contributed by atoms with van der Waals surface area (Å²) in [6.07, 6.45) is 0.281. The Morgan fingerprint density at radius 3 is 2.62 bits per heavy atom. The van der Waals surface area contributed by atoms with Gasteiger partial charge in [0.1, 0.15) is 5.75 Å². The Kier molecular flexibility index (Phi) is 5.36. The van der Waals surface area contributed by atoms with E-state index in [0.717, 1.165) is 15.6 Å². The summed E-state index contributed by atoms with van der Waals surface area (Å²) < 4.78 is 6.12. The number of methoxy groups -OCH3 is 1. The molecule has 0 aliphatic carbocycles. The van der Waals surface area contributed by atoms with Crippen molar-refractivity contribution in [1.82, 2.24) is 0 Å². The Morgan fingerprint density at radius 1 is 1.24 bits per heavy atom. The molecule has 0 bridgehead atoms. The maximum atomic E-state index is 12.2. The van der Waals surface area contributed by atoms with E-state index in [1.54, 1.807) is 13.2 Å². The molecule has 0 aromatic heterocycles. The number of nitrogens with two attached hydrogens (primary N) is 1. The Balaban J connectivity index is 2.13. The maximum Gasteiger partial charge on any atom is 0.228 e. The Morgan fingerprint density at radius 2 is 1.95 bits per heavy atom. The van der Waals surface area contributed by atoms with Gasteiger partial charge in [0.05, 0.1) is 19.2 Å². The Bertz CT molecular complexity index is 644. The van der Waals surface area contributed by atoms with Crippen molar-refractivity contribution in [3.63, 3.8) is 0 Å². The lowest BCUT2D eigenvalue weighted by Gasteiger charge is -2.12. The number of ether oxygens (including phenoxy) is 1. The molecular formula is C16H17BrN2O2. The molecule has 110 valence electrons. The zero-order valence-corrected chi connectivity index (χ0v) is 13.3. The van der Waals surface area contributed by atoms with Crippen LogP contribution >= 0.6 is 15.9 Å². The molecule has 0 fully saturated rings. The maximum absolute atomic E-state index is 12.2. The highest BCUT2D eigenvalue weighted by Gasteiger charge is 2.10. The second-order valence-electron chi connectivity index (χ2n) is 4.54. The zero-order chi connectivity index (χ0) is 15.2. The molecule has 21 heavy (non-hydrogen) atoms. The fourth-order valence-corrected chi connectivity index (χ4v) is 2.44. The summed E-state index contributed by atoms with van der Waals surface area (Å²) in [5.41, 5.74) is 8.24. The van der Waals surface area contributed by atoms with Crippen LogP contribution in [0.3, 0.4) is 0 Å². The molecule has 0 aliphatic heterocycles. The van der Waals surface area contributed by atoms with E-state index < -0.39 is 0 Å². The van der Waals surface area contributed by atoms with Crippen molar-refractivity contribution < 1.29 is 9.53 Å². The van der Waals surface area contributed by atoms with E-state index in [0.29, 0.717) is 18.0 Å². The molecule has 0 unspecified atom stereocenters. The quantitative estimate of drug-likeness (QED) is 0.872. The largest absolute Gasteiger partial charge is 0.495 e. The molecule has 1 amide bonds. The smallest absolute Gasteiger partial charge is 0.228 e. The van der Waals surface area contributed by atoms with Crippen LogP contribution < -0.4 is 15.8 Å². The third-order valence-electron chi connectivity index (χ3n) is 3.12. The minimum Gasteiger partial charge on any atom is -0.495 e. The van der Waals surface area contributed by atoms with Gasteiger partial charge in [-0.1, -0.05) is 40.2 Å². The molecular weight excluding hydrogens is 332 g/mol. The highest BCUT2D eigenvalue weighted by atomic mass is 79.9. The molecule has 0 atom stereocenters. The highest BCUT2D eigenvalue weighted by molar-refractivity contribution is 9.10. The molecule has 2 rings (SSSR count). The van der Waals surface area contributed by atoms with Gasteiger partial charge < -0.3 is 15.8 Å². The van der Waals surface area contributed by atoms with Crippen LogP contribution in [0, 0.1) is 0 Å². The topological polar surface area (TPSA) is 64.3 Å². The van der Waals surface area contributed by atoms with E-state index in [9.17, 15) is 4.79 Å². The minimum absolute atomic E-state index is 0.104. The van der Waals surface area contributed by atoms with Gasteiger partial charge in [0.25, 0.3) is 0 Å². The van der Waals surface area contributed by atoms with Crippen LogP contribution in [0.2, 0.25) is 0 Å². The van der Waals surface area contributed by atoms with Crippen molar-refractivity contribution >= 4 is 27.5 Å². The van der Waals surface area contributed by atoms with E-state index in [-0.39, 0.29) is 12.3 Å². The van der Waals surface area contributed by atoms with Gasteiger partial charge in [-0.25, -0.2) is 0 Å². The molecule has 2 aromatic carbocycles. The van der Waals surface area contributed by atoms with Crippen molar-refractivity contribution in [2.75, 3.05) is 12.4 Å². The van der Waals surface area contributed by atoms with Crippen LogP contribution in [0.1, 0.15) is 11.1 Å². The molecule has 0 heterocycles. The third-order valence-corrected chi connectivity index (χ3v) is 3.62. The fourth-order valence-electron chi connectivity index (χ4n) is 2.07. The normalized spacial score (nSPS) is 10.2. The minimum atomic E-state index is -0.104. The van der Waals surface area contributed by atoms with Crippen molar-refractivity contribution in [1.29, 1.82) is 0 Å². The van der Waals surface area contributed by atoms with Gasteiger partial charge in [-0.2, -0.15) is 0 Å². The van der Waals surface area contributed by atoms with Crippen LogP contribution in [0.25, 0.3) is 0 Å². The van der Waals surface area contributed by atoms with Crippen molar-refractivity contribution in [3.8, 4) is 5.75 Å². The van der Waals surface area contributed by atoms with Crippen molar-refractivity contribution in [3.05, 3.63) is 58.1 Å². The average Bonchev–Trinajstić information content (AvgIpc) is 2.48. The van der Waals surface area contributed by atoms with E-state index in [4.69, 9.17) is 10.5 Å². The van der Waals surface area contributed by atoms with Crippen LogP contribution in [-0.4, -0.2) is 13.0 Å². The summed E-state index contributed by atoms with van der Waals surface area (Å²) in [6, 6.07) is 13.1. The van der Waals surface area contributed by atoms with Gasteiger partial charge in [-0.05, 0) is 29.3 Å². The van der Waals surface area contributed by atoms with Gasteiger partial charge in [0, 0.05) is 11.0 Å². The van der Waals surface area contributed by atoms with Crippen molar-refractivity contribution in [2.45, 2.75) is 13.0 Å². The molecule has 0 aliphatic rings. The van der Waals surface area contributed by atoms with Gasteiger partial charge in [-0.3, -0.25) is 4.79 Å². The third kappa shape index (κ3) is 4.06. The lowest BCUT2D eigenvalue weighted by Crippen LogP contribution is -2.16. The number of halogens is 1. The number of anilines is 1. The molecule has 3 N–H and O–H groups in total. The summed E-state index contributed by atoms with van der Waals surface area (Å²) in [5.74, 6) is 0.519. The Labute approximate surface area is 132 Å². The summed E-state index contributed by atoms with van der Waals surface area (Å²) in [6.45, 7) is 0.420. The van der Waals surface area contributed by atoms with Crippen LogP contribution in [-0.2, 0) is 17.8 Å². The Hall–Kier alpha value is -1.85. The number of nitrogens with one attached hydrogen (secondary N) is 1. The highest BCUT2D eigenvalue weighted by Crippen LogP contribution is 2.28. The zero-order valence-electron chi connectivity index (χ0n) is 11.7. The monoisotopic (exact) mass is 348 g/mol. The van der Waals surface area contributed by atoms with Gasteiger partial charge >= 0.3 is 0 Å². The predicted octanol–water partition coefficient (Wildman–Crippen LogP) is 3.10. The first-order chi connectivity index (χ1) is 10.1. The lowest BCUT2D eigenvalue weighted by atomic mass is 10.0. The SMILES string of the molecule is COc1ccc(Br)cc1NC(=O)Cc1ccccc1CN. The van der Waals surface area contributed by atoms with Crippen LogP contribution in [0.5, 0.6) is 5.75 Å². The van der Waals surface area contributed by atoms with Crippen LogP contribution in [0.15, 0.2) is 46.9 Å². The number of benzene rings is 2. The summed E-state index contributed by atoms with van der Waals surface area (Å²) in [5, 5.41) is 2.87. The van der Waals surface area contributed by atoms with E-state index in [1.165, 1.54) is 0 Å². The number of amides is 1. The van der Waals surface area contributed by atoms with Gasteiger partial charge in [-0.15, -0.1) is 0 Å². The van der Waals surface area contributed by atoms with E-state index in [2.05, 4.69) is 21.2 Å². The summed E-state index contributed by atoms with van der Waals surface area (Å²) >= 11 is 3.38. The second-order valence-corrected chi connectivity index (χ2v) is 5.46. The van der Waals surface area contributed by atoms with E-state index >= 15 is 0 Å². The first-order valence-electron chi connectivity index (χ1n) is 6.54. The average molecular weight is 349 g/mol. The number of carbonyl (C=O) groups is 1. The van der Waals surface area contributed by atoms with E-state index in [1.807, 2.05) is 36.4 Å². The number of hydrogen-bond acceptors (Lipinski definition) is 3. The number of rotatable bonds is 5. The second kappa shape index (κ2) is 7.24. The standard InChI is InChI=1S/C16H17BrN2O2/c1-21-15-7-6-13(17)9-14(15)19-16(20)8-11-4-2-3-5-12(11)10-18/h2-7,9H,8,10,18H2,1H3,(H,19,20). The number of carbonyl (C=O) groups excluding carboxylic acids is 1. The summed E-state index contributed by atoms with van der Waals surface area (Å²) in [7, 11) is 1.57. The molecule has 2 aromatic rings. The molecule has 0 saturated heterocycles. The van der Waals surface area contributed by atoms with Gasteiger partial charge in [0.15, 0.2) is 0 Å². The number of hydrogen-bond donors (Lipinski definition) is 2. The summed E-state index contributed by atoms with van der Waals surface area (Å²) in [4.78, 5) is 12.2. The first-order valence-corrected chi connectivity index (χ1v) is 7.33. The lowest BCUT2D eigenvalue weighted by molar-refractivity contribution is -0.115. The van der Waals surface area contributed by atoms with Gasteiger partial charge in [0.2, 0.25) is 5.91 Å². The molecule has 0 saturated carbocycles. The van der Waals surface area contributed by atoms with Crippen LogP contribution in [0.4, 0.5) is 5.69 Å².